The highest BCUT2D eigenvalue weighted by atomic mass is 16.6. The van der Waals surface area contributed by atoms with Crippen LogP contribution in [0.1, 0.15) is 12.5 Å². The standard InChI is InChI=1S/C24H26N2O6/c1-15(14-27)26-20-22(29)25(13-16-7-3-2-4-8-16)11-6-10-24(20)19(21(26)28)18-17(32-24)9-5-12-31-23(18)30/h2-10,15,17-20,27H,11-14H2,1H3/t15-,17-,18+,19+,20?,24+/m1/s1. The highest BCUT2D eigenvalue weighted by Crippen LogP contribution is 2.53. The lowest BCUT2D eigenvalue weighted by Crippen LogP contribution is -2.57. The normalized spacial score (nSPS) is 34.5. The molecule has 0 aromatic heterocycles. The van der Waals surface area contributed by atoms with E-state index in [1.165, 1.54) is 4.90 Å². The second-order valence-electron chi connectivity index (χ2n) is 8.78. The van der Waals surface area contributed by atoms with Crippen molar-refractivity contribution in [1.29, 1.82) is 0 Å². The average Bonchev–Trinajstić information content (AvgIpc) is 3.11. The van der Waals surface area contributed by atoms with E-state index >= 15 is 0 Å². The number of esters is 1. The monoisotopic (exact) mass is 438 g/mol. The second kappa shape index (κ2) is 7.86. The van der Waals surface area contributed by atoms with Crippen molar-refractivity contribution < 1.29 is 29.0 Å². The molecule has 1 aromatic carbocycles. The number of fused-ring (bicyclic) bond motifs is 2. The van der Waals surface area contributed by atoms with Gasteiger partial charge in [-0.3, -0.25) is 14.4 Å². The van der Waals surface area contributed by atoms with E-state index in [0.717, 1.165) is 5.56 Å². The summed E-state index contributed by atoms with van der Waals surface area (Å²) in [5.41, 5.74) is -0.323. The van der Waals surface area contributed by atoms with Crippen LogP contribution in [0.5, 0.6) is 0 Å². The van der Waals surface area contributed by atoms with Crippen molar-refractivity contribution in [3.8, 4) is 0 Å². The predicted molar refractivity (Wildman–Crippen MR) is 113 cm³/mol. The lowest BCUT2D eigenvalue weighted by Gasteiger charge is -2.37. The van der Waals surface area contributed by atoms with Gasteiger partial charge in [-0.25, -0.2) is 0 Å². The molecule has 2 fully saturated rings. The van der Waals surface area contributed by atoms with Gasteiger partial charge in [0.15, 0.2) is 0 Å². The fourth-order valence-electron chi connectivity index (χ4n) is 5.46. The number of amides is 2. The maximum Gasteiger partial charge on any atom is 0.313 e. The Labute approximate surface area is 186 Å². The van der Waals surface area contributed by atoms with Crippen LogP contribution >= 0.6 is 0 Å². The number of nitrogens with zero attached hydrogens (tertiary/aromatic N) is 2. The number of carbonyl (C=O) groups is 3. The Morgan fingerprint density at radius 1 is 1.16 bits per heavy atom. The van der Waals surface area contributed by atoms with Gasteiger partial charge in [0.05, 0.1) is 24.7 Å². The van der Waals surface area contributed by atoms with Crippen molar-refractivity contribution in [3.63, 3.8) is 0 Å². The molecule has 0 saturated carbocycles. The third-order valence-electron chi connectivity index (χ3n) is 6.89. The average molecular weight is 438 g/mol. The van der Waals surface area contributed by atoms with Gasteiger partial charge in [0.1, 0.15) is 24.2 Å². The van der Waals surface area contributed by atoms with Crippen molar-refractivity contribution in [2.45, 2.75) is 37.3 Å². The molecule has 0 bridgehead atoms. The molecular weight excluding hydrogens is 412 g/mol. The van der Waals surface area contributed by atoms with Crippen molar-refractivity contribution in [1.82, 2.24) is 9.80 Å². The zero-order valence-corrected chi connectivity index (χ0v) is 17.8. The lowest BCUT2D eigenvalue weighted by molar-refractivity contribution is -0.154. The summed E-state index contributed by atoms with van der Waals surface area (Å²) >= 11 is 0. The molecule has 4 aliphatic rings. The molecule has 4 aliphatic heterocycles. The number of rotatable bonds is 4. The van der Waals surface area contributed by atoms with E-state index in [4.69, 9.17) is 9.47 Å². The van der Waals surface area contributed by atoms with E-state index in [0.29, 0.717) is 13.1 Å². The van der Waals surface area contributed by atoms with Crippen LogP contribution < -0.4 is 0 Å². The van der Waals surface area contributed by atoms with Gasteiger partial charge in [0, 0.05) is 13.1 Å². The van der Waals surface area contributed by atoms with Gasteiger partial charge < -0.3 is 24.4 Å². The van der Waals surface area contributed by atoms with Crippen LogP contribution in [0.15, 0.2) is 54.6 Å². The van der Waals surface area contributed by atoms with Crippen molar-refractivity contribution in [2.75, 3.05) is 19.8 Å². The SMILES string of the molecule is C[C@H](CO)N1C(=O)[C@@H]2[C@H]3C(=O)OCC=C[C@H]3O[C@@]23C=CCN(Cc2ccccc2)C(=O)C13. The Kier molecular flexibility index (Phi) is 5.14. The molecule has 1 N–H and O–H groups in total. The highest BCUT2D eigenvalue weighted by Gasteiger charge is 2.72. The third-order valence-corrected chi connectivity index (χ3v) is 6.89. The van der Waals surface area contributed by atoms with Gasteiger partial charge in [-0.05, 0) is 18.6 Å². The molecule has 1 unspecified atom stereocenters. The molecule has 2 saturated heterocycles. The number of aliphatic hydroxyl groups is 1. The molecule has 0 aliphatic carbocycles. The molecule has 6 atom stereocenters. The number of hydrogen-bond donors (Lipinski definition) is 1. The zero-order valence-electron chi connectivity index (χ0n) is 17.8. The lowest BCUT2D eigenvalue weighted by atomic mass is 9.78. The smallest absolute Gasteiger partial charge is 0.313 e. The van der Waals surface area contributed by atoms with Crippen molar-refractivity contribution in [2.24, 2.45) is 11.8 Å². The van der Waals surface area contributed by atoms with Crippen LogP contribution in [-0.2, 0) is 30.4 Å². The summed E-state index contributed by atoms with van der Waals surface area (Å²) in [7, 11) is 0. The van der Waals surface area contributed by atoms with Crippen LogP contribution in [0.25, 0.3) is 0 Å². The highest BCUT2D eigenvalue weighted by molar-refractivity contribution is 5.99. The molecule has 32 heavy (non-hydrogen) atoms. The fourth-order valence-corrected chi connectivity index (χ4v) is 5.46. The number of cyclic esters (lactones) is 1. The minimum Gasteiger partial charge on any atom is -0.461 e. The van der Waals surface area contributed by atoms with Crippen LogP contribution in [0.4, 0.5) is 0 Å². The van der Waals surface area contributed by atoms with Gasteiger partial charge >= 0.3 is 5.97 Å². The minimum atomic E-state index is -1.29. The van der Waals surface area contributed by atoms with Gasteiger partial charge in [-0.1, -0.05) is 48.6 Å². The number of carbonyl (C=O) groups excluding carboxylic acids is 3. The van der Waals surface area contributed by atoms with E-state index in [2.05, 4.69) is 0 Å². The summed E-state index contributed by atoms with van der Waals surface area (Å²) in [5.74, 6) is -2.85. The van der Waals surface area contributed by atoms with Gasteiger partial charge in [0.2, 0.25) is 11.8 Å². The molecule has 4 heterocycles. The first kappa shape index (κ1) is 20.9. The number of likely N-dealkylation sites (tertiary alicyclic amines) is 1. The summed E-state index contributed by atoms with van der Waals surface area (Å²) in [6.45, 7) is 2.25. The maximum atomic E-state index is 13.9. The summed E-state index contributed by atoms with van der Waals surface area (Å²) in [5, 5.41) is 9.87. The quantitative estimate of drug-likeness (QED) is 0.548. The number of aliphatic hydroxyl groups excluding tert-OH is 1. The Balaban J connectivity index is 1.58. The molecule has 1 spiro atoms. The number of hydrogen-bond acceptors (Lipinski definition) is 6. The second-order valence-corrected chi connectivity index (χ2v) is 8.78. The first-order valence-electron chi connectivity index (χ1n) is 10.9. The molecule has 168 valence electrons. The van der Waals surface area contributed by atoms with Gasteiger partial charge in [0.25, 0.3) is 0 Å². The fraction of sp³-hybridized carbons (Fsp3) is 0.458. The number of benzene rings is 1. The summed E-state index contributed by atoms with van der Waals surface area (Å²) in [4.78, 5) is 43.5. The van der Waals surface area contributed by atoms with E-state index in [-0.39, 0.29) is 25.0 Å². The summed E-state index contributed by atoms with van der Waals surface area (Å²) in [6.07, 6.45) is 6.43. The van der Waals surface area contributed by atoms with Crippen LogP contribution in [-0.4, -0.2) is 76.2 Å². The van der Waals surface area contributed by atoms with E-state index in [1.54, 1.807) is 30.1 Å². The molecule has 0 radical (unpaired) electrons. The van der Waals surface area contributed by atoms with Crippen LogP contribution in [0, 0.1) is 11.8 Å². The Morgan fingerprint density at radius 3 is 2.69 bits per heavy atom. The van der Waals surface area contributed by atoms with Crippen molar-refractivity contribution in [3.05, 3.63) is 60.2 Å². The first-order chi connectivity index (χ1) is 15.5. The van der Waals surface area contributed by atoms with E-state index < -0.39 is 41.6 Å². The Morgan fingerprint density at radius 2 is 1.94 bits per heavy atom. The van der Waals surface area contributed by atoms with Gasteiger partial charge in [-0.2, -0.15) is 0 Å². The molecule has 8 heteroatoms. The molecule has 8 nitrogen and oxygen atoms in total. The molecule has 1 aromatic rings. The first-order valence-corrected chi connectivity index (χ1v) is 10.9. The van der Waals surface area contributed by atoms with E-state index in [1.807, 2.05) is 36.4 Å². The van der Waals surface area contributed by atoms with Crippen LogP contribution in [0.3, 0.4) is 0 Å². The number of ether oxygens (including phenoxy) is 2. The molecule has 5 rings (SSSR count). The third kappa shape index (κ3) is 3.01. The zero-order chi connectivity index (χ0) is 22.5. The molecule has 2 amide bonds. The maximum absolute atomic E-state index is 13.9. The Bertz CT molecular complexity index is 991. The van der Waals surface area contributed by atoms with Crippen molar-refractivity contribution >= 4 is 17.8 Å². The van der Waals surface area contributed by atoms with E-state index in [9.17, 15) is 19.5 Å². The summed E-state index contributed by atoms with van der Waals surface area (Å²) in [6, 6.07) is 8.04. The largest absolute Gasteiger partial charge is 0.461 e. The topological polar surface area (TPSA) is 96.4 Å². The predicted octanol–water partition coefficient (Wildman–Crippen LogP) is 0.660. The Hall–Kier alpha value is -2.97. The van der Waals surface area contributed by atoms with Crippen LogP contribution in [0.2, 0.25) is 0 Å². The minimum absolute atomic E-state index is 0.128. The molecular formula is C24H26N2O6. The summed E-state index contributed by atoms with van der Waals surface area (Å²) < 4.78 is 11.7. The van der Waals surface area contributed by atoms with Gasteiger partial charge in [-0.15, -0.1) is 0 Å².